The average molecular weight is 324 g/mol. The summed E-state index contributed by atoms with van der Waals surface area (Å²) in [6.45, 7) is 0.846. The van der Waals surface area contributed by atoms with Gasteiger partial charge in [0.2, 0.25) is 0 Å². The minimum absolute atomic E-state index is 0.0525. The molecule has 2 aromatic carbocycles. The van der Waals surface area contributed by atoms with Gasteiger partial charge in [-0.05, 0) is 30.7 Å². The minimum Gasteiger partial charge on any atom is -0.491 e. The molecule has 1 heterocycles. The summed E-state index contributed by atoms with van der Waals surface area (Å²) >= 11 is 0. The van der Waals surface area contributed by atoms with E-state index in [4.69, 9.17) is 4.74 Å². The van der Waals surface area contributed by atoms with Gasteiger partial charge in [-0.15, -0.1) is 0 Å². The maximum atomic E-state index is 13.5. The van der Waals surface area contributed by atoms with Gasteiger partial charge < -0.3 is 10.1 Å². The molecule has 0 saturated carbocycles. The summed E-state index contributed by atoms with van der Waals surface area (Å²) in [5.74, 6) is -0.221. The van der Waals surface area contributed by atoms with Crippen molar-refractivity contribution >= 4 is 16.8 Å². The molecule has 0 radical (unpaired) electrons. The highest BCUT2D eigenvalue weighted by Gasteiger charge is 2.09. The molecule has 0 aliphatic rings. The number of hydrogen-bond donors (Lipinski definition) is 1. The van der Waals surface area contributed by atoms with E-state index in [9.17, 15) is 9.18 Å². The van der Waals surface area contributed by atoms with Gasteiger partial charge in [-0.2, -0.15) is 0 Å². The lowest BCUT2D eigenvalue weighted by Crippen LogP contribution is -2.26. The van der Waals surface area contributed by atoms with Gasteiger partial charge in [-0.1, -0.05) is 30.3 Å². The predicted octanol–water partition coefficient (Wildman–Crippen LogP) is 3.57. The van der Waals surface area contributed by atoms with Gasteiger partial charge >= 0.3 is 0 Å². The third-order valence-corrected chi connectivity index (χ3v) is 3.58. The molecule has 0 bridgehead atoms. The molecule has 0 aliphatic heterocycles. The number of para-hydroxylation sites is 1. The Hall–Kier alpha value is -2.95. The van der Waals surface area contributed by atoms with Crippen LogP contribution in [0.4, 0.5) is 4.39 Å². The van der Waals surface area contributed by atoms with Crippen LogP contribution in [0.15, 0.2) is 60.8 Å². The number of hydrogen-bond acceptors (Lipinski definition) is 3. The van der Waals surface area contributed by atoms with Crippen molar-refractivity contribution in [2.24, 2.45) is 0 Å². The van der Waals surface area contributed by atoms with Gasteiger partial charge in [-0.3, -0.25) is 9.78 Å². The predicted molar refractivity (Wildman–Crippen MR) is 90.6 cm³/mol. The zero-order chi connectivity index (χ0) is 16.8. The molecular formula is C19H17FN2O2. The van der Waals surface area contributed by atoms with Crippen molar-refractivity contribution in [3.8, 4) is 5.75 Å². The molecule has 0 saturated heterocycles. The highest BCUT2D eigenvalue weighted by molar-refractivity contribution is 5.94. The summed E-state index contributed by atoms with van der Waals surface area (Å²) in [5.41, 5.74) is 0.868. The second kappa shape index (κ2) is 7.55. The number of carbonyl (C=O) groups excluding carboxylic acids is 1. The number of ether oxygens (including phenoxy) is 1. The van der Waals surface area contributed by atoms with Gasteiger partial charge in [0.05, 0.1) is 12.2 Å². The Morgan fingerprint density at radius 2 is 1.92 bits per heavy atom. The fraction of sp³-hybridized carbons (Fsp3) is 0.158. The number of carbonyl (C=O) groups is 1. The topological polar surface area (TPSA) is 51.2 Å². The van der Waals surface area contributed by atoms with E-state index >= 15 is 0 Å². The molecule has 0 spiro atoms. The lowest BCUT2D eigenvalue weighted by molar-refractivity contribution is 0.0947. The first kappa shape index (κ1) is 15.9. The summed E-state index contributed by atoms with van der Waals surface area (Å²) in [6.07, 6.45) is 2.34. The number of aromatic nitrogens is 1. The molecule has 24 heavy (non-hydrogen) atoms. The highest BCUT2D eigenvalue weighted by atomic mass is 19.1. The van der Waals surface area contributed by atoms with Crippen LogP contribution < -0.4 is 10.1 Å². The lowest BCUT2D eigenvalue weighted by atomic mass is 10.2. The first-order valence-corrected chi connectivity index (χ1v) is 7.75. The molecule has 0 atom stereocenters. The molecule has 0 fully saturated rings. The molecule has 4 nitrogen and oxygen atoms in total. The number of benzene rings is 2. The normalized spacial score (nSPS) is 10.5. The third kappa shape index (κ3) is 3.68. The molecule has 5 heteroatoms. The maximum Gasteiger partial charge on any atom is 0.254 e. The molecule has 1 aromatic heterocycles. The molecule has 0 unspecified atom stereocenters. The molecule has 3 rings (SSSR count). The van der Waals surface area contributed by atoms with Gasteiger partial charge in [0, 0.05) is 18.1 Å². The van der Waals surface area contributed by atoms with E-state index in [-0.39, 0.29) is 5.56 Å². The fourth-order valence-electron chi connectivity index (χ4n) is 2.39. The molecule has 3 aromatic rings. The van der Waals surface area contributed by atoms with Crippen molar-refractivity contribution in [2.45, 2.75) is 6.42 Å². The van der Waals surface area contributed by atoms with Crippen molar-refractivity contribution in [3.05, 3.63) is 72.2 Å². The lowest BCUT2D eigenvalue weighted by Gasteiger charge is -2.09. The standard InChI is InChI=1S/C19H17FN2O2/c20-16-9-2-1-8-15(16)19(23)22-12-5-13-24-17-10-3-6-14-7-4-11-21-18(14)17/h1-4,6-11H,5,12-13H2,(H,22,23). The summed E-state index contributed by atoms with van der Waals surface area (Å²) in [5, 5.41) is 3.71. The SMILES string of the molecule is O=C(NCCCOc1cccc2cccnc12)c1ccccc1F. The Balaban J connectivity index is 1.49. The Kier molecular flexibility index (Phi) is 5.01. The number of amides is 1. The number of pyridine rings is 1. The number of nitrogens with zero attached hydrogens (tertiary/aromatic N) is 1. The van der Waals surface area contributed by atoms with Crippen molar-refractivity contribution in [2.75, 3.05) is 13.2 Å². The fourth-order valence-corrected chi connectivity index (χ4v) is 2.39. The summed E-state index contributed by atoms with van der Waals surface area (Å²) in [6, 6.07) is 15.5. The van der Waals surface area contributed by atoms with E-state index in [2.05, 4.69) is 10.3 Å². The van der Waals surface area contributed by atoms with Crippen LogP contribution in [0.5, 0.6) is 5.75 Å². The maximum absolute atomic E-state index is 13.5. The van der Waals surface area contributed by atoms with Gasteiger partial charge in [0.15, 0.2) is 0 Å². The second-order valence-corrected chi connectivity index (χ2v) is 5.27. The van der Waals surface area contributed by atoms with E-state index in [0.29, 0.717) is 25.3 Å². The number of nitrogens with one attached hydrogen (secondary N) is 1. The van der Waals surface area contributed by atoms with Gasteiger partial charge in [0.1, 0.15) is 17.1 Å². The summed E-state index contributed by atoms with van der Waals surface area (Å²) in [7, 11) is 0. The van der Waals surface area contributed by atoms with E-state index in [0.717, 1.165) is 10.9 Å². The van der Waals surface area contributed by atoms with Crippen LogP contribution >= 0.6 is 0 Å². The van der Waals surface area contributed by atoms with Crippen LogP contribution in [-0.2, 0) is 0 Å². The molecular weight excluding hydrogens is 307 g/mol. The quantitative estimate of drug-likeness (QED) is 0.705. The Labute approximate surface area is 139 Å². The van der Waals surface area contributed by atoms with E-state index in [1.165, 1.54) is 12.1 Å². The van der Waals surface area contributed by atoms with Crippen molar-refractivity contribution < 1.29 is 13.9 Å². The Bertz CT molecular complexity index is 846. The van der Waals surface area contributed by atoms with E-state index < -0.39 is 11.7 Å². The second-order valence-electron chi connectivity index (χ2n) is 5.27. The third-order valence-electron chi connectivity index (χ3n) is 3.58. The molecule has 122 valence electrons. The van der Waals surface area contributed by atoms with Crippen LogP contribution in [-0.4, -0.2) is 24.0 Å². The van der Waals surface area contributed by atoms with Crippen molar-refractivity contribution in [1.29, 1.82) is 0 Å². The zero-order valence-corrected chi connectivity index (χ0v) is 13.0. The highest BCUT2D eigenvalue weighted by Crippen LogP contribution is 2.22. The van der Waals surface area contributed by atoms with Gasteiger partial charge in [-0.25, -0.2) is 4.39 Å². The first-order valence-electron chi connectivity index (χ1n) is 7.75. The molecule has 1 N–H and O–H groups in total. The summed E-state index contributed by atoms with van der Waals surface area (Å²) in [4.78, 5) is 16.2. The van der Waals surface area contributed by atoms with Crippen LogP contribution in [0.3, 0.4) is 0 Å². The minimum atomic E-state index is -0.520. The molecule has 0 aliphatic carbocycles. The molecule has 1 amide bonds. The van der Waals surface area contributed by atoms with Gasteiger partial charge in [0.25, 0.3) is 5.91 Å². The summed E-state index contributed by atoms with van der Waals surface area (Å²) < 4.78 is 19.2. The Morgan fingerprint density at radius 3 is 2.79 bits per heavy atom. The van der Waals surface area contributed by atoms with Crippen LogP contribution in [0.2, 0.25) is 0 Å². The van der Waals surface area contributed by atoms with Crippen molar-refractivity contribution in [1.82, 2.24) is 10.3 Å². The Morgan fingerprint density at radius 1 is 1.08 bits per heavy atom. The monoisotopic (exact) mass is 324 g/mol. The smallest absolute Gasteiger partial charge is 0.254 e. The van der Waals surface area contributed by atoms with E-state index in [1.54, 1.807) is 18.3 Å². The van der Waals surface area contributed by atoms with E-state index in [1.807, 2.05) is 30.3 Å². The number of fused-ring (bicyclic) bond motifs is 1. The zero-order valence-electron chi connectivity index (χ0n) is 13.0. The average Bonchev–Trinajstić information content (AvgIpc) is 2.62. The van der Waals surface area contributed by atoms with Crippen LogP contribution in [0, 0.1) is 5.82 Å². The number of rotatable bonds is 6. The first-order chi connectivity index (χ1) is 11.8. The van der Waals surface area contributed by atoms with Crippen LogP contribution in [0.25, 0.3) is 10.9 Å². The van der Waals surface area contributed by atoms with Crippen molar-refractivity contribution in [3.63, 3.8) is 0 Å². The van der Waals surface area contributed by atoms with Crippen LogP contribution in [0.1, 0.15) is 16.8 Å². The largest absolute Gasteiger partial charge is 0.491 e. The number of halogens is 1.